The average molecular weight is 406 g/mol. The van der Waals surface area contributed by atoms with Gasteiger partial charge in [0, 0.05) is 6.42 Å². The maximum atomic E-state index is 12.1. The van der Waals surface area contributed by atoms with E-state index in [1.165, 1.54) is 77.0 Å². The van der Waals surface area contributed by atoms with E-state index in [0.29, 0.717) is 22.6 Å². The van der Waals surface area contributed by atoms with Crippen LogP contribution in [-0.4, -0.2) is 25.8 Å². The minimum Gasteiger partial charge on any atom is -0.329 e. The summed E-state index contributed by atoms with van der Waals surface area (Å²) < 4.78 is 0. The predicted molar refractivity (Wildman–Crippen MR) is 118 cm³/mol. The quantitative estimate of drug-likeness (QED) is 0.191. The molecule has 7 heteroatoms. The summed E-state index contributed by atoms with van der Waals surface area (Å²) in [5, 5.41) is 3.21. The standard InChI is InChI=1S/C21H35N5OS/c1-2-3-4-5-6-7-8-9-10-11-12-13-14-15-17(27)24-21-25-19-18(20(28)26-21)22-16-23-19/h16H,2-15H2,1H3,(H3,22,23,24,25,26,27,28). The smallest absolute Gasteiger partial charge is 0.232 e. The van der Waals surface area contributed by atoms with Crippen molar-refractivity contribution < 1.29 is 4.79 Å². The van der Waals surface area contributed by atoms with Gasteiger partial charge in [-0.3, -0.25) is 10.1 Å². The van der Waals surface area contributed by atoms with Crippen LogP contribution in [-0.2, 0) is 4.79 Å². The van der Waals surface area contributed by atoms with Crippen molar-refractivity contribution in [2.24, 2.45) is 0 Å². The minimum absolute atomic E-state index is 0.0466. The molecular weight excluding hydrogens is 370 g/mol. The molecule has 0 aromatic carbocycles. The number of amides is 1. The molecule has 2 N–H and O–H groups in total. The van der Waals surface area contributed by atoms with Crippen LogP contribution in [0.5, 0.6) is 0 Å². The van der Waals surface area contributed by atoms with Crippen molar-refractivity contribution in [3.8, 4) is 0 Å². The average Bonchev–Trinajstić information content (AvgIpc) is 3.14. The maximum Gasteiger partial charge on any atom is 0.232 e. The van der Waals surface area contributed by atoms with Crippen LogP contribution in [0, 0.1) is 0 Å². The van der Waals surface area contributed by atoms with Gasteiger partial charge in [0.05, 0.1) is 6.33 Å². The summed E-state index contributed by atoms with van der Waals surface area (Å²) in [5.41, 5.74) is 1.19. The van der Waals surface area contributed by atoms with Crippen molar-refractivity contribution in [1.82, 2.24) is 19.9 Å². The summed E-state index contributed by atoms with van der Waals surface area (Å²) in [6, 6.07) is 0. The van der Waals surface area contributed by atoms with Gasteiger partial charge >= 0.3 is 0 Å². The number of hydrogen-bond donors (Lipinski definition) is 3. The Morgan fingerprint density at radius 3 is 2.11 bits per heavy atom. The van der Waals surface area contributed by atoms with Crippen molar-refractivity contribution in [3.63, 3.8) is 0 Å². The molecule has 0 saturated heterocycles. The van der Waals surface area contributed by atoms with Gasteiger partial charge in [-0.15, -0.1) is 12.6 Å². The fourth-order valence-corrected chi connectivity index (χ4v) is 3.63. The van der Waals surface area contributed by atoms with Gasteiger partial charge in [0.1, 0.15) is 10.5 Å². The van der Waals surface area contributed by atoms with Crippen LogP contribution in [0.3, 0.4) is 0 Å². The Morgan fingerprint density at radius 2 is 1.50 bits per heavy atom. The molecule has 6 nitrogen and oxygen atoms in total. The fourth-order valence-electron chi connectivity index (χ4n) is 3.37. The van der Waals surface area contributed by atoms with Crippen LogP contribution < -0.4 is 5.32 Å². The third-order valence-corrected chi connectivity index (χ3v) is 5.33. The van der Waals surface area contributed by atoms with Crippen molar-refractivity contribution >= 4 is 35.6 Å². The second-order valence-electron chi connectivity index (χ2n) is 7.51. The molecule has 0 aliphatic rings. The van der Waals surface area contributed by atoms with Gasteiger partial charge in [0.15, 0.2) is 5.65 Å². The first-order valence-corrected chi connectivity index (χ1v) is 11.4. The Morgan fingerprint density at radius 1 is 0.929 bits per heavy atom. The van der Waals surface area contributed by atoms with Gasteiger partial charge in [0.2, 0.25) is 11.9 Å². The second kappa shape index (κ2) is 13.5. The molecule has 0 radical (unpaired) electrons. The first-order valence-electron chi connectivity index (χ1n) is 10.9. The van der Waals surface area contributed by atoms with Gasteiger partial charge in [-0.1, -0.05) is 84.0 Å². The first-order chi connectivity index (χ1) is 13.7. The van der Waals surface area contributed by atoms with Crippen molar-refractivity contribution in [2.75, 3.05) is 5.32 Å². The number of nitrogens with zero attached hydrogens (tertiary/aromatic N) is 3. The van der Waals surface area contributed by atoms with E-state index in [2.05, 4.69) is 44.8 Å². The summed E-state index contributed by atoms with van der Waals surface area (Å²) in [6.45, 7) is 2.26. The molecule has 28 heavy (non-hydrogen) atoms. The van der Waals surface area contributed by atoms with E-state index >= 15 is 0 Å². The van der Waals surface area contributed by atoms with E-state index in [4.69, 9.17) is 0 Å². The lowest BCUT2D eigenvalue weighted by molar-refractivity contribution is -0.116. The number of fused-ring (bicyclic) bond motifs is 1. The molecule has 0 saturated carbocycles. The normalized spacial score (nSPS) is 11.2. The van der Waals surface area contributed by atoms with Gasteiger partial charge in [-0.25, -0.2) is 9.97 Å². The third-order valence-electron chi connectivity index (χ3n) is 5.02. The molecule has 2 aromatic heterocycles. The Balaban J connectivity index is 1.45. The summed E-state index contributed by atoms with van der Waals surface area (Å²) in [4.78, 5) is 27.5. The number of carbonyl (C=O) groups excluding carboxylic acids is 1. The number of hydrogen-bond acceptors (Lipinski definition) is 5. The number of carbonyl (C=O) groups is 1. The van der Waals surface area contributed by atoms with Gasteiger partial charge < -0.3 is 4.98 Å². The molecule has 2 rings (SSSR count). The zero-order valence-corrected chi connectivity index (χ0v) is 18.1. The topological polar surface area (TPSA) is 83.6 Å². The lowest BCUT2D eigenvalue weighted by Gasteiger charge is -2.05. The monoisotopic (exact) mass is 405 g/mol. The van der Waals surface area contributed by atoms with Crippen LogP contribution in [0.25, 0.3) is 11.2 Å². The van der Waals surface area contributed by atoms with Gasteiger partial charge in [-0.05, 0) is 6.42 Å². The number of rotatable bonds is 15. The molecule has 0 fully saturated rings. The summed E-state index contributed by atoms with van der Waals surface area (Å²) in [5.74, 6) is 0.233. The number of unbranched alkanes of at least 4 members (excludes halogenated alkanes) is 12. The van der Waals surface area contributed by atoms with E-state index in [9.17, 15) is 4.79 Å². The largest absolute Gasteiger partial charge is 0.329 e. The molecule has 0 aliphatic carbocycles. The molecule has 1 amide bonds. The van der Waals surface area contributed by atoms with Crippen molar-refractivity contribution in [1.29, 1.82) is 0 Å². The highest BCUT2D eigenvalue weighted by atomic mass is 32.1. The highest BCUT2D eigenvalue weighted by molar-refractivity contribution is 7.80. The van der Waals surface area contributed by atoms with Crippen LogP contribution in [0.15, 0.2) is 11.4 Å². The van der Waals surface area contributed by atoms with Gasteiger partial charge in [-0.2, -0.15) is 4.98 Å². The third kappa shape index (κ3) is 8.59. The number of anilines is 1. The molecule has 0 atom stereocenters. The van der Waals surface area contributed by atoms with Crippen LogP contribution >= 0.6 is 12.6 Å². The van der Waals surface area contributed by atoms with Gasteiger partial charge in [0.25, 0.3) is 0 Å². The summed E-state index contributed by atoms with van der Waals surface area (Å²) in [6.07, 6.45) is 18.9. The number of nitrogens with one attached hydrogen (secondary N) is 2. The van der Waals surface area contributed by atoms with E-state index in [0.717, 1.165) is 12.8 Å². The zero-order chi connectivity index (χ0) is 20.0. The number of thiol groups is 1. The Bertz CT molecular complexity index is 703. The van der Waals surface area contributed by atoms with Crippen molar-refractivity contribution in [3.05, 3.63) is 6.33 Å². The SMILES string of the molecule is CCCCCCCCCCCCCCCC(=O)Nc1nc(S)c2nc[nH]c2n1. The van der Waals surface area contributed by atoms with Crippen LogP contribution in [0.4, 0.5) is 5.95 Å². The lowest BCUT2D eigenvalue weighted by Crippen LogP contribution is -2.13. The van der Waals surface area contributed by atoms with E-state index in [1.54, 1.807) is 0 Å². The fraction of sp³-hybridized carbons (Fsp3) is 0.714. The molecule has 156 valence electrons. The van der Waals surface area contributed by atoms with E-state index in [-0.39, 0.29) is 11.9 Å². The number of aromatic nitrogens is 4. The summed E-state index contributed by atoms with van der Waals surface area (Å²) in [7, 11) is 0. The Labute approximate surface area is 174 Å². The molecule has 0 spiro atoms. The molecule has 2 heterocycles. The number of H-pyrrole nitrogens is 1. The maximum absolute atomic E-state index is 12.1. The summed E-state index contributed by atoms with van der Waals surface area (Å²) >= 11 is 4.28. The second-order valence-corrected chi connectivity index (χ2v) is 7.93. The number of imidazole rings is 1. The van der Waals surface area contributed by atoms with E-state index in [1.807, 2.05) is 0 Å². The molecule has 0 unspecified atom stereocenters. The molecule has 0 aliphatic heterocycles. The highest BCUT2D eigenvalue weighted by Gasteiger charge is 2.09. The molecular formula is C21H35N5OS. The molecule has 0 bridgehead atoms. The Kier molecular flexibility index (Phi) is 10.9. The Hall–Kier alpha value is -1.63. The molecule has 2 aromatic rings. The highest BCUT2D eigenvalue weighted by Crippen LogP contribution is 2.17. The number of aromatic amines is 1. The van der Waals surface area contributed by atoms with E-state index < -0.39 is 0 Å². The predicted octanol–water partition coefficient (Wildman–Crippen LogP) is 6.06. The van der Waals surface area contributed by atoms with Crippen molar-refractivity contribution in [2.45, 2.75) is 102 Å². The lowest BCUT2D eigenvalue weighted by atomic mass is 10.0. The van der Waals surface area contributed by atoms with Crippen LogP contribution in [0.1, 0.15) is 96.8 Å². The van der Waals surface area contributed by atoms with Crippen LogP contribution in [0.2, 0.25) is 0 Å². The first kappa shape index (κ1) is 22.7. The zero-order valence-electron chi connectivity index (χ0n) is 17.2. The minimum atomic E-state index is -0.0466.